The smallest absolute Gasteiger partial charge is 0.0125 e. The fourth-order valence-electron chi connectivity index (χ4n) is 2.01. The fraction of sp³-hybridized carbons (Fsp3) is 1.00. The Morgan fingerprint density at radius 2 is 2.09 bits per heavy atom. The van der Waals surface area contributed by atoms with Gasteiger partial charge in [0, 0.05) is 19.1 Å². The summed E-state index contributed by atoms with van der Waals surface area (Å²) in [6.45, 7) is 7.38. The van der Waals surface area contributed by atoms with Crippen molar-refractivity contribution < 1.29 is 0 Å². The summed E-state index contributed by atoms with van der Waals surface area (Å²) in [4.78, 5) is 2.66. The molecule has 0 aromatic heterocycles. The topological polar surface area (TPSA) is 15.3 Å². The summed E-state index contributed by atoms with van der Waals surface area (Å²) < 4.78 is 0. The van der Waals surface area contributed by atoms with E-state index in [1.54, 1.807) is 0 Å². The van der Waals surface area contributed by atoms with Gasteiger partial charge in [-0.15, -0.1) is 0 Å². The van der Waals surface area contributed by atoms with Crippen LogP contribution in [-0.2, 0) is 0 Å². The number of hydrogen-bond donors (Lipinski definition) is 1. The second-order valence-corrected chi connectivity index (χ2v) is 3.92. The van der Waals surface area contributed by atoms with E-state index in [1.165, 1.54) is 39.0 Å². The van der Waals surface area contributed by atoms with Gasteiger partial charge in [-0.25, -0.2) is 0 Å². The summed E-state index contributed by atoms with van der Waals surface area (Å²) in [5.41, 5.74) is 0. The molecule has 2 rings (SSSR count). The molecule has 1 N–H and O–H groups in total. The van der Waals surface area contributed by atoms with Crippen LogP contribution in [0.3, 0.4) is 0 Å². The third-order valence-electron chi connectivity index (χ3n) is 2.91. The highest BCUT2D eigenvalue weighted by Crippen LogP contribution is 2.34. The molecule has 0 radical (unpaired) electrons. The SMILES string of the molecule is CC1CC1N1CCCNCC1. The van der Waals surface area contributed by atoms with E-state index in [0.29, 0.717) is 0 Å². The maximum absolute atomic E-state index is 3.43. The van der Waals surface area contributed by atoms with Gasteiger partial charge in [0.25, 0.3) is 0 Å². The molecule has 0 bridgehead atoms. The first-order valence-electron chi connectivity index (χ1n) is 4.82. The molecule has 2 nitrogen and oxygen atoms in total. The van der Waals surface area contributed by atoms with Crippen molar-refractivity contribution in [3.63, 3.8) is 0 Å². The number of nitrogens with one attached hydrogen (secondary N) is 1. The fourth-order valence-corrected chi connectivity index (χ4v) is 2.01. The van der Waals surface area contributed by atoms with Crippen LogP contribution in [0.4, 0.5) is 0 Å². The van der Waals surface area contributed by atoms with Gasteiger partial charge in [0.15, 0.2) is 0 Å². The van der Waals surface area contributed by atoms with Crippen molar-refractivity contribution >= 4 is 0 Å². The van der Waals surface area contributed by atoms with E-state index in [-0.39, 0.29) is 0 Å². The van der Waals surface area contributed by atoms with Crippen molar-refractivity contribution in [1.29, 1.82) is 0 Å². The largest absolute Gasteiger partial charge is 0.315 e. The first-order valence-corrected chi connectivity index (χ1v) is 4.82. The summed E-state index contributed by atoms with van der Waals surface area (Å²) in [6.07, 6.45) is 2.78. The zero-order chi connectivity index (χ0) is 7.68. The van der Waals surface area contributed by atoms with E-state index in [1.807, 2.05) is 0 Å². The van der Waals surface area contributed by atoms with Crippen LogP contribution in [0.25, 0.3) is 0 Å². The molecule has 1 aliphatic carbocycles. The summed E-state index contributed by atoms with van der Waals surface area (Å²) in [7, 11) is 0. The molecule has 2 atom stereocenters. The first-order chi connectivity index (χ1) is 5.38. The van der Waals surface area contributed by atoms with Gasteiger partial charge in [-0.05, 0) is 31.8 Å². The Balaban J connectivity index is 1.82. The monoisotopic (exact) mass is 154 g/mol. The van der Waals surface area contributed by atoms with Crippen molar-refractivity contribution in [3.05, 3.63) is 0 Å². The van der Waals surface area contributed by atoms with Gasteiger partial charge in [-0.1, -0.05) is 6.92 Å². The van der Waals surface area contributed by atoms with E-state index >= 15 is 0 Å². The molecule has 2 unspecified atom stereocenters. The highest BCUT2D eigenvalue weighted by molar-refractivity contribution is 4.92. The Hall–Kier alpha value is -0.0800. The van der Waals surface area contributed by atoms with E-state index < -0.39 is 0 Å². The van der Waals surface area contributed by atoms with Gasteiger partial charge >= 0.3 is 0 Å². The van der Waals surface area contributed by atoms with Gasteiger partial charge in [-0.3, -0.25) is 4.90 Å². The van der Waals surface area contributed by atoms with Crippen LogP contribution in [0.2, 0.25) is 0 Å². The Labute approximate surface area is 69.0 Å². The molecular formula is C9H18N2. The van der Waals surface area contributed by atoms with Crippen LogP contribution in [0.15, 0.2) is 0 Å². The predicted molar refractivity (Wildman–Crippen MR) is 46.6 cm³/mol. The van der Waals surface area contributed by atoms with Crippen molar-refractivity contribution in [3.8, 4) is 0 Å². The van der Waals surface area contributed by atoms with E-state index in [2.05, 4.69) is 17.1 Å². The third-order valence-corrected chi connectivity index (χ3v) is 2.91. The number of nitrogens with zero attached hydrogens (tertiary/aromatic N) is 1. The van der Waals surface area contributed by atoms with Crippen LogP contribution in [0, 0.1) is 5.92 Å². The van der Waals surface area contributed by atoms with Gasteiger partial charge in [0.2, 0.25) is 0 Å². The van der Waals surface area contributed by atoms with Crippen LogP contribution in [0.5, 0.6) is 0 Å². The van der Waals surface area contributed by atoms with Crippen LogP contribution >= 0.6 is 0 Å². The molecule has 2 aliphatic rings. The molecule has 2 fully saturated rings. The van der Waals surface area contributed by atoms with E-state index in [0.717, 1.165) is 12.0 Å². The lowest BCUT2D eigenvalue weighted by molar-refractivity contribution is 0.271. The maximum atomic E-state index is 3.43. The van der Waals surface area contributed by atoms with E-state index in [9.17, 15) is 0 Å². The second-order valence-electron chi connectivity index (χ2n) is 3.92. The molecule has 1 saturated heterocycles. The average Bonchev–Trinajstić information content (AvgIpc) is 2.71. The summed E-state index contributed by atoms with van der Waals surface area (Å²) in [5, 5.41) is 3.43. The van der Waals surface area contributed by atoms with Crippen molar-refractivity contribution in [1.82, 2.24) is 10.2 Å². The van der Waals surface area contributed by atoms with Crippen LogP contribution in [0.1, 0.15) is 19.8 Å². The molecule has 0 amide bonds. The quantitative estimate of drug-likeness (QED) is 0.598. The zero-order valence-electron chi connectivity index (χ0n) is 7.34. The maximum Gasteiger partial charge on any atom is 0.0125 e. The van der Waals surface area contributed by atoms with Gasteiger partial charge in [0.05, 0.1) is 0 Å². The van der Waals surface area contributed by atoms with Crippen molar-refractivity contribution in [2.75, 3.05) is 26.2 Å². The van der Waals surface area contributed by atoms with E-state index in [4.69, 9.17) is 0 Å². The third kappa shape index (κ3) is 1.74. The lowest BCUT2D eigenvalue weighted by Gasteiger charge is -2.18. The zero-order valence-corrected chi connectivity index (χ0v) is 7.34. The lowest BCUT2D eigenvalue weighted by Crippen LogP contribution is -2.30. The standard InChI is InChI=1S/C9H18N2/c1-8-7-9(8)11-5-2-3-10-4-6-11/h8-10H,2-7H2,1H3. The Morgan fingerprint density at radius 3 is 2.82 bits per heavy atom. The molecule has 1 aliphatic heterocycles. The predicted octanol–water partition coefficient (Wildman–Crippen LogP) is 0.690. The van der Waals surface area contributed by atoms with Crippen LogP contribution in [-0.4, -0.2) is 37.1 Å². The van der Waals surface area contributed by atoms with Gasteiger partial charge in [-0.2, -0.15) is 0 Å². The minimum absolute atomic E-state index is 0.940. The average molecular weight is 154 g/mol. The molecule has 11 heavy (non-hydrogen) atoms. The Kier molecular flexibility index (Phi) is 2.14. The summed E-state index contributed by atoms with van der Waals surface area (Å²) in [6, 6.07) is 0.940. The van der Waals surface area contributed by atoms with Gasteiger partial charge in [0.1, 0.15) is 0 Å². The molecule has 1 saturated carbocycles. The molecule has 0 spiro atoms. The number of hydrogen-bond acceptors (Lipinski definition) is 2. The first kappa shape index (κ1) is 7.56. The highest BCUT2D eigenvalue weighted by atomic mass is 15.2. The lowest BCUT2D eigenvalue weighted by atomic mass is 10.3. The Morgan fingerprint density at radius 1 is 1.27 bits per heavy atom. The van der Waals surface area contributed by atoms with Gasteiger partial charge < -0.3 is 5.32 Å². The molecule has 2 heteroatoms. The van der Waals surface area contributed by atoms with Crippen molar-refractivity contribution in [2.24, 2.45) is 5.92 Å². The molecule has 1 heterocycles. The minimum Gasteiger partial charge on any atom is -0.315 e. The van der Waals surface area contributed by atoms with Crippen molar-refractivity contribution in [2.45, 2.75) is 25.8 Å². The summed E-state index contributed by atoms with van der Waals surface area (Å²) in [5.74, 6) is 0.980. The minimum atomic E-state index is 0.940. The highest BCUT2D eigenvalue weighted by Gasteiger charge is 2.37. The molecule has 64 valence electrons. The second kappa shape index (κ2) is 3.11. The normalized spacial score (nSPS) is 40.1. The molecule has 0 aromatic carbocycles. The Bertz CT molecular complexity index is 128. The van der Waals surface area contributed by atoms with Crippen LogP contribution < -0.4 is 5.32 Å². The summed E-state index contributed by atoms with van der Waals surface area (Å²) >= 11 is 0. The molecule has 0 aromatic rings. The molecular weight excluding hydrogens is 136 g/mol. The number of rotatable bonds is 1.